The monoisotopic (exact) mass is 274 g/mol. The molecule has 1 aromatic carbocycles. The first-order valence-electron chi connectivity index (χ1n) is 5.41. The number of nitrogens with zero attached hydrogens (tertiary/aromatic N) is 1. The van der Waals surface area contributed by atoms with Crippen LogP contribution in [0.25, 0.3) is 0 Å². The molecule has 5 heteroatoms. The number of hydrogen-bond acceptors (Lipinski definition) is 2. The van der Waals surface area contributed by atoms with E-state index in [2.05, 4.69) is 5.32 Å². The average molecular weight is 275 g/mol. The van der Waals surface area contributed by atoms with Gasteiger partial charge in [-0.1, -0.05) is 23.2 Å². The first-order valence-corrected chi connectivity index (χ1v) is 6.17. The van der Waals surface area contributed by atoms with Crippen molar-refractivity contribution < 1.29 is 4.79 Å². The van der Waals surface area contributed by atoms with Gasteiger partial charge in [0.2, 0.25) is 0 Å². The summed E-state index contributed by atoms with van der Waals surface area (Å²) in [7, 11) is 3.67. The number of halogens is 2. The summed E-state index contributed by atoms with van der Waals surface area (Å²) in [6.07, 6.45) is 0.917. The topological polar surface area (TPSA) is 32.3 Å². The third-order valence-electron chi connectivity index (χ3n) is 2.43. The Kier molecular flexibility index (Phi) is 5.75. The molecule has 0 aromatic heterocycles. The minimum atomic E-state index is -0.0420. The maximum absolute atomic E-state index is 12.0. The van der Waals surface area contributed by atoms with Gasteiger partial charge in [0.1, 0.15) is 0 Å². The molecule has 1 rings (SSSR count). The summed E-state index contributed by atoms with van der Waals surface area (Å²) < 4.78 is 0. The molecule has 0 atom stereocenters. The summed E-state index contributed by atoms with van der Waals surface area (Å²) in [6, 6.07) is 4.92. The number of rotatable bonds is 5. The van der Waals surface area contributed by atoms with E-state index >= 15 is 0 Å². The second kappa shape index (κ2) is 6.84. The highest BCUT2D eigenvalue weighted by Gasteiger charge is 2.12. The Morgan fingerprint density at radius 1 is 1.35 bits per heavy atom. The van der Waals surface area contributed by atoms with Crippen molar-refractivity contribution in [3.63, 3.8) is 0 Å². The van der Waals surface area contributed by atoms with Crippen LogP contribution in [0.5, 0.6) is 0 Å². The molecule has 3 nitrogen and oxygen atoms in total. The average Bonchev–Trinajstić information content (AvgIpc) is 2.32. The number of hydrogen-bond donors (Lipinski definition) is 1. The summed E-state index contributed by atoms with van der Waals surface area (Å²) in [6.45, 7) is 1.60. The number of carbonyl (C=O) groups excluding carboxylic acids is 1. The van der Waals surface area contributed by atoms with Crippen molar-refractivity contribution >= 4 is 29.1 Å². The number of nitrogens with one attached hydrogen (secondary N) is 1. The second-order valence-electron chi connectivity index (χ2n) is 3.81. The van der Waals surface area contributed by atoms with E-state index in [0.717, 1.165) is 13.0 Å². The van der Waals surface area contributed by atoms with Gasteiger partial charge in [-0.05, 0) is 38.2 Å². The molecule has 17 heavy (non-hydrogen) atoms. The molecule has 0 fully saturated rings. The van der Waals surface area contributed by atoms with Crippen LogP contribution in [-0.4, -0.2) is 38.0 Å². The van der Waals surface area contributed by atoms with E-state index in [1.165, 1.54) is 0 Å². The van der Waals surface area contributed by atoms with Gasteiger partial charge >= 0.3 is 0 Å². The maximum atomic E-state index is 12.0. The van der Waals surface area contributed by atoms with Crippen molar-refractivity contribution in [3.05, 3.63) is 33.8 Å². The summed E-state index contributed by atoms with van der Waals surface area (Å²) in [5.41, 5.74) is 0.561. The Labute approximate surface area is 112 Å². The summed E-state index contributed by atoms with van der Waals surface area (Å²) in [4.78, 5) is 13.7. The molecule has 0 saturated heterocycles. The van der Waals surface area contributed by atoms with Gasteiger partial charge in [0.15, 0.2) is 0 Å². The summed E-state index contributed by atoms with van der Waals surface area (Å²) in [5.74, 6) is -0.0420. The van der Waals surface area contributed by atoms with E-state index in [1.807, 2.05) is 7.05 Å². The molecular formula is C12H16Cl2N2O. The lowest BCUT2D eigenvalue weighted by molar-refractivity contribution is 0.0794. The van der Waals surface area contributed by atoms with Crippen molar-refractivity contribution in [2.24, 2.45) is 0 Å². The van der Waals surface area contributed by atoms with Gasteiger partial charge in [-0.3, -0.25) is 4.79 Å². The van der Waals surface area contributed by atoms with E-state index in [1.54, 1.807) is 30.1 Å². The lowest BCUT2D eigenvalue weighted by Crippen LogP contribution is -2.29. The second-order valence-corrected chi connectivity index (χ2v) is 4.63. The Morgan fingerprint density at radius 2 is 2.06 bits per heavy atom. The standard InChI is InChI=1S/C12H16Cl2N2O/c1-15-6-3-7-16(2)12(17)9-4-5-10(13)11(14)8-9/h4-5,8,15H,3,6-7H2,1-2H3. The number of benzene rings is 1. The van der Waals surface area contributed by atoms with Crippen molar-refractivity contribution in [2.45, 2.75) is 6.42 Å². The molecule has 1 aromatic rings. The molecule has 0 aliphatic rings. The molecule has 0 radical (unpaired) electrons. The summed E-state index contributed by atoms with van der Waals surface area (Å²) >= 11 is 11.7. The molecule has 1 amide bonds. The molecular weight excluding hydrogens is 259 g/mol. The van der Waals surface area contributed by atoms with Crippen molar-refractivity contribution in [3.8, 4) is 0 Å². The van der Waals surface area contributed by atoms with Gasteiger partial charge in [0, 0.05) is 19.2 Å². The molecule has 0 aliphatic carbocycles. The van der Waals surface area contributed by atoms with Gasteiger partial charge in [0.05, 0.1) is 10.0 Å². The molecule has 0 heterocycles. The summed E-state index contributed by atoms with van der Waals surface area (Å²) in [5, 5.41) is 3.90. The normalized spacial score (nSPS) is 10.4. The third kappa shape index (κ3) is 4.19. The van der Waals surface area contributed by atoms with Crippen molar-refractivity contribution in [1.82, 2.24) is 10.2 Å². The highest BCUT2D eigenvalue weighted by molar-refractivity contribution is 6.42. The molecule has 94 valence electrons. The van der Waals surface area contributed by atoms with Crippen molar-refractivity contribution in [1.29, 1.82) is 0 Å². The van der Waals surface area contributed by atoms with Gasteiger partial charge in [-0.25, -0.2) is 0 Å². The quantitative estimate of drug-likeness (QED) is 0.838. The predicted molar refractivity (Wildman–Crippen MR) is 72.0 cm³/mol. The highest BCUT2D eigenvalue weighted by atomic mass is 35.5. The van der Waals surface area contributed by atoms with E-state index in [-0.39, 0.29) is 5.91 Å². The van der Waals surface area contributed by atoms with Crippen LogP contribution >= 0.6 is 23.2 Å². The largest absolute Gasteiger partial charge is 0.342 e. The number of amides is 1. The minimum Gasteiger partial charge on any atom is -0.342 e. The maximum Gasteiger partial charge on any atom is 0.253 e. The molecule has 0 saturated carbocycles. The predicted octanol–water partition coefficient (Wildman–Crippen LogP) is 2.67. The zero-order chi connectivity index (χ0) is 12.8. The van der Waals surface area contributed by atoms with E-state index in [4.69, 9.17) is 23.2 Å². The minimum absolute atomic E-state index is 0.0420. The Bertz CT molecular complexity index is 396. The fourth-order valence-corrected chi connectivity index (χ4v) is 1.74. The zero-order valence-corrected chi connectivity index (χ0v) is 11.5. The van der Waals surface area contributed by atoms with Crippen LogP contribution < -0.4 is 5.32 Å². The molecule has 0 unspecified atom stereocenters. The SMILES string of the molecule is CNCCCN(C)C(=O)c1ccc(Cl)c(Cl)c1. The van der Waals surface area contributed by atoms with Gasteiger partial charge in [0.25, 0.3) is 5.91 Å². The van der Waals surface area contributed by atoms with Crippen LogP contribution in [0.1, 0.15) is 16.8 Å². The number of carbonyl (C=O) groups is 1. The zero-order valence-electron chi connectivity index (χ0n) is 9.96. The Hall–Kier alpha value is -0.770. The van der Waals surface area contributed by atoms with E-state index < -0.39 is 0 Å². The first-order chi connectivity index (χ1) is 8.06. The van der Waals surface area contributed by atoms with E-state index in [0.29, 0.717) is 22.2 Å². The van der Waals surface area contributed by atoms with Gasteiger partial charge in [-0.15, -0.1) is 0 Å². The fraction of sp³-hybridized carbons (Fsp3) is 0.417. The van der Waals surface area contributed by atoms with Crippen LogP contribution in [0.3, 0.4) is 0 Å². The molecule has 1 N–H and O–H groups in total. The van der Waals surface area contributed by atoms with E-state index in [9.17, 15) is 4.79 Å². The van der Waals surface area contributed by atoms with Crippen molar-refractivity contribution in [2.75, 3.05) is 27.2 Å². The Balaban J connectivity index is 2.65. The van der Waals surface area contributed by atoms with Crippen LogP contribution in [0.2, 0.25) is 10.0 Å². The lowest BCUT2D eigenvalue weighted by atomic mass is 10.2. The smallest absolute Gasteiger partial charge is 0.253 e. The van der Waals surface area contributed by atoms with Gasteiger partial charge < -0.3 is 10.2 Å². The lowest BCUT2D eigenvalue weighted by Gasteiger charge is -2.17. The van der Waals surface area contributed by atoms with Gasteiger partial charge in [-0.2, -0.15) is 0 Å². The molecule has 0 bridgehead atoms. The molecule has 0 spiro atoms. The van der Waals surface area contributed by atoms with Crippen LogP contribution in [0.15, 0.2) is 18.2 Å². The van der Waals surface area contributed by atoms with Crippen LogP contribution in [-0.2, 0) is 0 Å². The van der Waals surface area contributed by atoms with Crippen LogP contribution in [0, 0.1) is 0 Å². The van der Waals surface area contributed by atoms with Crippen LogP contribution in [0.4, 0.5) is 0 Å². The fourth-order valence-electron chi connectivity index (χ4n) is 1.44. The molecule has 0 aliphatic heterocycles. The Morgan fingerprint density at radius 3 is 2.65 bits per heavy atom. The third-order valence-corrected chi connectivity index (χ3v) is 3.17. The first kappa shape index (κ1) is 14.3. The highest BCUT2D eigenvalue weighted by Crippen LogP contribution is 2.23.